The van der Waals surface area contributed by atoms with Crippen LogP contribution in [0.25, 0.3) is 0 Å². The van der Waals surface area contributed by atoms with E-state index in [9.17, 15) is 14.9 Å². The first-order chi connectivity index (χ1) is 9.66. The lowest BCUT2D eigenvalue weighted by Gasteiger charge is -2.13. The highest BCUT2D eigenvalue weighted by Gasteiger charge is 2.37. The third-order valence-electron chi connectivity index (χ3n) is 3.85. The van der Waals surface area contributed by atoms with Gasteiger partial charge in [0.05, 0.1) is 22.2 Å². The fraction of sp³-hybridized carbons (Fsp3) is 0.429. The minimum absolute atomic E-state index is 0.0254. The van der Waals surface area contributed by atoms with Gasteiger partial charge in [0.25, 0.3) is 11.6 Å². The van der Waals surface area contributed by atoms with Gasteiger partial charge in [-0.2, -0.15) is 10.1 Å². The van der Waals surface area contributed by atoms with Gasteiger partial charge in [-0.3, -0.25) is 14.9 Å². The fourth-order valence-corrected chi connectivity index (χ4v) is 2.81. The Labute approximate surface area is 116 Å². The van der Waals surface area contributed by atoms with E-state index >= 15 is 0 Å². The van der Waals surface area contributed by atoms with E-state index in [0.717, 1.165) is 37.8 Å². The molecule has 3 rings (SSSR count). The minimum atomic E-state index is -0.463. The van der Waals surface area contributed by atoms with Crippen LogP contribution in [0.4, 0.5) is 11.4 Å². The predicted octanol–water partition coefficient (Wildman–Crippen LogP) is 2.88. The van der Waals surface area contributed by atoms with Crippen LogP contribution in [0.1, 0.15) is 32.1 Å². The number of hydrazone groups is 1. The first-order valence-corrected chi connectivity index (χ1v) is 6.82. The van der Waals surface area contributed by atoms with E-state index in [2.05, 4.69) is 5.10 Å². The van der Waals surface area contributed by atoms with Crippen LogP contribution in [0, 0.1) is 16.0 Å². The van der Waals surface area contributed by atoms with E-state index in [1.165, 1.54) is 17.1 Å². The number of nitrogens with zero attached hydrogens (tertiary/aromatic N) is 3. The van der Waals surface area contributed by atoms with Gasteiger partial charge in [0.1, 0.15) is 0 Å². The number of hydrogen-bond donors (Lipinski definition) is 0. The Bertz CT molecular complexity index is 597. The minimum Gasteiger partial charge on any atom is -0.272 e. The summed E-state index contributed by atoms with van der Waals surface area (Å²) in [5, 5.41) is 16.5. The average molecular weight is 273 g/mol. The number of amides is 1. The van der Waals surface area contributed by atoms with Crippen LogP contribution in [-0.4, -0.2) is 16.5 Å². The van der Waals surface area contributed by atoms with Gasteiger partial charge in [0.15, 0.2) is 0 Å². The van der Waals surface area contributed by atoms with Gasteiger partial charge >= 0.3 is 0 Å². The third-order valence-corrected chi connectivity index (χ3v) is 3.85. The molecule has 0 N–H and O–H groups in total. The van der Waals surface area contributed by atoms with Gasteiger partial charge in [-0.1, -0.05) is 18.9 Å². The van der Waals surface area contributed by atoms with Crippen LogP contribution in [0.2, 0.25) is 0 Å². The van der Waals surface area contributed by atoms with Gasteiger partial charge in [0.2, 0.25) is 0 Å². The first kappa shape index (κ1) is 12.8. The summed E-state index contributed by atoms with van der Waals surface area (Å²) in [7, 11) is 0. The molecule has 1 atom stereocenters. The highest BCUT2D eigenvalue weighted by molar-refractivity contribution is 6.15. The molecule has 1 aromatic carbocycles. The van der Waals surface area contributed by atoms with Gasteiger partial charge in [-0.05, 0) is 25.3 Å². The molecule has 1 amide bonds. The van der Waals surface area contributed by atoms with Crippen molar-refractivity contribution in [2.24, 2.45) is 11.0 Å². The maximum Gasteiger partial charge on any atom is 0.271 e. The molecule has 0 aromatic heterocycles. The molecule has 0 bridgehead atoms. The van der Waals surface area contributed by atoms with Gasteiger partial charge in [0, 0.05) is 12.1 Å². The lowest BCUT2D eigenvalue weighted by Crippen LogP contribution is -2.27. The number of anilines is 1. The average Bonchev–Trinajstić information content (AvgIpc) is 2.64. The number of benzene rings is 1. The van der Waals surface area contributed by atoms with Crippen molar-refractivity contribution in [2.45, 2.75) is 32.1 Å². The molecule has 1 saturated carbocycles. The molecule has 0 saturated heterocycles. The maximum absolute atomic E-state index is 12.4. The lowest BCUT2D eigenvalue weighted by molar-refractivity contribution is -0.384. The molecule has 0 spiro atoms. The molecule has 1 aliphatic heterocycles. The zero-order valence-electron chi connectivity index (χ0n) is 11.0. The Morgan fingerprint density at radius 3 is 2.95 bits per heavy atom. The third kappa shape index (κ3) is 2.17. The highest BCUT2D eigenvalue weighted by atomic mass is 16.6. The second-order valence-corrected chi connectivity index (χ2v) is 5.17. The molecule has 104 valence electrons. The number of hydrogen-bond acceptors (Lipinski definition) is 4. The van der Waals surface area contributed by atoms with E-state index in [-0.39, 0.29) is 17.5 Å². The molecule has 2 aliphatic rings. The van der Waals surface area contributed by atoms with Crippen molar-refractivity contribution in [3.63, 3.8) is 0 Å². The molecular formula is C14H15N3O3. The Hall–Kier alpha value is -2.24. The van der Waals surface area contributed by atoms with Crippen LogP contribution in [0.5, 0.6) is 0 Å². The Morgan fingerprint density at radius 2 is 2.15 bits per heavy atom. The van der Waals surface area contributed by atoms with Crippen molar-refractivity contribution < 1.29 is 9.72 Å². The molecular weight excluding hydrogens is 258 g/mol. The number of fused-ring (bicyclic) bond motifs is 1. The zero-order valence-corrected chi connectivity index (χ0v) is 11.0. The molecule has 6 heteroatoms. The largest absolute Gasteiger partial charge is 0.272 e. The predicted molar refractivity (Wildman–Crippen MR) is 74.6 cm³/mol. The maximum atomic E-state index is 12.4. The summed E-state index contributed by atoms with van der Waals surface area (Å²) in [6, 6.07) is 6.07. The summed E-state index contributed by atoms with van der Waals surface area (Å²) in [4.78, 5) is 22.8. The van der Waals surface area contributed by atoms with E-state index in [1.54, 1.807) is 12.1 Å². The SMILES string of the molecule is O=C1C2CCCCCC2=NN1c1cccc([N+](=O)[O-])c1. The van der Waals surface area contributed by atoms with Crippen LogP contribution in [-0.2, 0) is 4.79 Å². The molecule has 1 heterocycles. The first-order valence-electron chi connectivity index (χ1n) is 6.82. The monoisotopic (exact) mass is 273 g/mol. The second kappa shape index (κ2) is 5.03. The normalized spacial score (nSPS) is 22.2. The Balaban J connectivity index is 1.93. The summed E-state index contributed by atoms with van der Waals surface area (Å²) < 4.78 is 0. The van der Waals surface area contributed by atoms with E-state index in [4.69, 9.17) is 0 Å². The molecule has 20 heavy (non-hydrogen) atoms. The number of carbonyl (C=O) groups is 1. The van der Waals surface area contributed by atoms with E-state index < -0.39 is 4.92 Å². The van der Waals surface area contributed by atoms with Gasteiger partial charge in [-0.25, -0.2) is 0 Å². The number of carbonyl (C=O) groups excluding carboxylic acids is 1. The van der Waals surface area contributed by atoms with Crippen molar-refractivity contribution in [2.75, 3.05) is 5.01 Å². The fourth-order valence-electron chi connectivity index (χ4n) is 2.81. The molecule has 1 aliphatic carbocycles. The molecule has 1 fully saturated rings. The number of nitro groups is 1. The highest BCUT2D eigenvalue weighted by Crippen LogP contribution is 2.32. The zero-order chi connectivity index (χ0) is 14.1. The van der Waals surface area contributed by atoms with Crippen molar-refractivity contribution in [1.29, 1.82) is 0 Å². The summed E-state index contributed by atoms with van der Waals surface area (Å²) in [6.45, 7) is 0. The standard InChI is InChI=1S/C14H15N3O3/c18-14-12-7-2-1-3-8-13(12)15-16(14)10-5-4-6-11(9-10)17(19)20/h4-6,9,12H,1-3,7-8H2. The van der Waals surface area contributed by atoms with Gasteiger partial charge < -0.3 is 0 Å². The second-order valence-electron chi connectivity index (χ2n) is 5.17. The Morgan fingerprint density at radius 1 is 1.30 bits per heavy atom. The number of rotatable bonds is 2. The quantitative estimate of drug-likeness (QED) is 0.614. The van der Waals surface area contributed by atoms with E-state index in [1.807, 2.05) is 0 Å². The van der Waals surface area contributed by atoms with Crippen molar-refractivity contribution in [3.8, 4) is 0 Å². The lowest BCUT2D eigenvalue weighted by atomic mass is 9.98. The smallest absolute Gasteiger partial charge is 0.271 e. The van der Waals surface area contributed by atoms with E-state index in [0.29, 0.717) is 5.69 Å². The summed E-state index contributed by atoms with van der Waals surface area (Å²) in [6.07, 6.45) is 4.92. The number of non-ortho nitro benzene ring substituents is 1. The summed E-state index contributed by atoms with van der Waals surface area (Å²) in [5.74, 6) is -0.181. The van der Waals surface area contributed by atoms with Crippen LogP contribution in [0.3, 0.4) is 0 Å². The number of nitro benzene ring substituents is 1. The molecule has 0 radical (unpaired) electrons. The molecule has 6 nitrogen and oxygen atoms in total. The summed E-state index contributed by atoms with van der Waals surface area (Å²) in [5.41, 5.74) is 1.38. The van der Waals surface area contributed by atoms with Gasteiger partial charge in [-0.15, -0.1) is 0 Å². The van der Waals surface area contributed by atoms with Crippen LogP contribution < -0.4 is 5.01 Å². The topological polar surface area (TPSA) is 75.8 Å². The Kier molecular flexibility index (Phi) is 3.22. The summed E-state index contributed by atoms with van der Waals surface area (Å²) >= 11 is 0. The van der Waals surface area contributed by atoms with Crippen LogP contribution in [0.15, 0.2) is 29.4 Å². The van der Waals surface area contributed by atoms with Crippen molar-refractivity contribution in [1.82, 2.24) is 0 Å². The molecule has 1 unspecified atom stereocenters. The van der Waals surface area contributed by atoms with Crippen LogP contribution >= 0.6 is 0 Å². The van der Waals surface area contributed by atoms with Crippen molar-refractivity contribution in [3.05, 3.63) is 34.4 Å². The van der Waals surface area contributed by atoms with Crippen molar-refractivity contribution >= 4 is 23.0 Å². The molecule has 1 aromatic rings.